The summed E-state index contributed by atoms with van der Waals surface area (Å²) in [4.78, 5) is 36.5. The van der Waals surface area contributed by atoms with Crippen LogP contribution in [-0.4, -0.2) is 47.7 Å². The van der Waals surface area contributed by atoms with Crippen molar-refractivity contribution in [2.24, 2.45) is 0 Å². The molecule has 1 aliphatic carbocycles. The second-order valence-electron chi connectivity index (χ2n) is 8.18. The van der Waals surface area contributed by atoms with Gasteiger partial charge in [-0.2, -0.15) is 11.8 Å². The number of fused-ring (bicyclic) bond motifs is 3. The Labute approximate surface area is 207 Å². The normalized spacial score (nSPS) is 12.8. The van der Waals surface area contributed by atoms with Crippen molar-refractivity contribution in [1.29, 1.82) is 0 Å². The number of aliphatic carboxylic acids is 1. The number of benzene rings is 3. The molecular formula is C27H26N2O5S. The standard InChI is InChI=1S/C27H26N2O5S/c1-35-14-13-24(26(31)32)29-25(30)17-7-6-8-18(15-17)28-27(33)34-16-23-21-11-4-2-9-19(21)20-10-3-5-12-22(20)23/h2-12,15,23-24H,13-14,16H2,1H3,(H,28,33)(H,29,30)(H,31,32)/t24-/m0/s1. The molecule has 0 fully saturated rings. The molecule has 7 nitrogen and oxygen atoms in total. The SMILES string of the molecule is CSCC[C@H](NC(=O)c1cccc(NC(=O)OCC2c3ccccc3-c3ccccc32)c1)C(=O)O. The van der Waals surface area contributed by atoms with Gasteiger partial charge in [-0.1, -0.05) is 54.6 Å². The summed E-state index contributed by atoms with van der Waals surface area (Å²) < 4.78 is 5.55. The zero-order chi connectivity index (χ0) is 24.8. The van der Waals surface area contributed by atoms with Crippen molar-refractivity contribution in [3.63, 3.8) is 0 Å². The van der Waals surface area contributed by atoms with E-state index in [2.05, 4.69) is 22.8 Å². The van der Waals surface area contributed by atoms with Gasteiger partial charge in [-0.3, -0.25) is 10.1 Å². The lowest BCUT2D eigenvalue weighted by Gasteiger charge is -2.15. The van der Waals surface area contributed by atoms with E-state index < -0.39 is 24.0 Å². The van der Waals surface area contributed by atoms with Gasteiger partial charge in [0.1, 0.15) is 12.6 Å². The number of carbonyl (C=O) groups excluding carboxylic acids is 2. The van der Waals surface area contributed by atoms with Crippen LogP contribution in [0.4, 0.5) is 10.5 Å². The maximum absolute atomic E-state index is 12.6. The fourth-order valence-corrected chi connectivity index (χ4v) is 4.70. The summed E-state index contributed by atoms with van der Waals surface area (Å²) in [6.07, 6.45) is 1.56. The number of carboxylic acid groups (broad SMARTS) is 1. The van der Waals surface area contributed by atoms with Gasteiger partial charge in [0.05, 0.1) is 0 Å². The van der Waals surface area contributed by atoms with Crippen molar-refractivity contribution in [2.75, 3.05) is 23.9 Å². The van der Waals surface area contributed by atoms with Gasteiger partial charge < -0.3 is 15.2 Å². The quantitative estimate of drug-likeness (QED) is 0.391. The van der Waals surface area contributed by atoms with Crippen LogP contribution < -0.4 is 10.6 Å². The highest BCUT2D eigenvalue weighted by molar-refractivity contribution is 7.98. The highest BCUT2D eigenvalue weighted by atomic mass is 32.2. The minimum absolute atomic E-state index is 0.0560. The molecule has 0 unspecified atom stereocenters. The third-order valence-electron chi connectivity index (χ3n) is 5.93. The van der Waals surface area contributed by atoms with Gasteiger partial charge in [-0.15, -0.1) is 0 Å². The molecule has 0 spiro atoms. The molecule has 0 bridgehead atoms. The topological polar surface area (TPSA) is 105 Å². The molecule has 0 saturated carbocycles. The number of amides is 2. The fraction of sp³-hybridized carbons (Fsp3) is 0.222. The van der Waals surface area contributed by atoms with Crippen LogP contribution in [0.5, 0.6) is 0 Å². The van der Waals surface area contributed by atoms with Gasteiger partial charge in [-0.05, 0) is 58.9 Å². The highest BCUT2D eigenvalue weighted by Crippen LogP contribution is 2.44. The Morgan fingerprint density at radius 1 is 0.971 bits per heavy atom. The van der Waals surface area contributed by atoms with Crippen LogP contribution in [0.25, 0.3) is 11.1 Å². The van der Waals surface area contributed by atoms with Crippen molar-refractivity contribution in [1.82, 2.24) is 5.32 Å². The fourth-order valence-electron chi connectivity index (χ4n) is 4.23. The summed E-state index contributed by atoms with van der Waals surface area (Å²) in [7, 11) is 0. The molecule has 3 aromatic rings. The molecule has 0 aromatic heterocycles. The van der Waals surface area contributed by atoms with E-state index in [0.717, 1.165) is 22.3 Å². The first kappa shape index (κ1) is 24.3. The van der Waals surface area contributed by atoms with E-state index in [1.165, 1.54) is 17.8 Å². The van der Waals surface area contributed by atoms with Crippen molar-refractivity contribution < 1.29 is 24.2 Å². The number of thioether (sulfide) groups is 1. The summed E-state index contributed by atoms with van der Waals surface area (Å²) in [6.45, 7) is 0.176. The first-order valence-corrected chi connectivity index (χ1v) is 12.6. The Bertz CT molecular complexity index is 1200. The van der Waals surface area contributed by atoms with Crippen molar-refractivity contribution in [2.45, 2.75) is 18.4 Å². The predicted octanol–water partition coefficient (Wildman–Crippen LogP) is 4.98. The maximum Gasteiger partial charge on any atom is 0.411 e. The number of nitrogens with one attached hydrogen (secondary N) is 2. The minimum atomic E-state index is -1.08. The molecule has 4 rings (SSSR count). The van der Waals surface area contributed by atoms with E-state index in [9.17, 15) is 19.5 Å². The molecule has 3 N–H and O–H groups in total. The van der Waals surface area contributed by atoms with E-state index in [1.807, 2.05) is 42.7 Å². The van der Waals surface area contributed by atoms with Gasteiger partial charge in [0.25, 0.3) is 5.91 Å². The molecule has 0 heterocycles. The van der Waals surface area contributed by atoms with Crippen LogP contribution in [0.2, 0.25) is 0 Å². The van der Waals surface area contributed by atoms with Crippen LogP contribution in [0.15, 0.2) is 72.8 Å². The maximum atomic E-state index is 12.6. The van der Waals surface area contributed by atoms with E-state index in [-0.39, 0.29) is 18.1 Å². The second kappa shape index (κ2) is 11.1. The largest absolute Gasteiger partial charge is 0.480 e. The number of carboxylic acids is 1. The Kier molecular flexibility index (Phi) is 7.72. The molecule has 1 atom stereocenters. The molecule has 180 valence electrons. The molecule has 1 aliphatic rings. The summed E-state index contributed by atoms with van der Waals surface area (Å²) in [5.41, 5.74) is 5.16. The number of ether oxygens (including phenoxy) is 1. The number of rotatable bonds is 9. The third-order valence-corrected chi connectivity index (χ3v) is 6.57. The third kappa shape index (κ3) is 5.66. The highest BCUT2D eigenvalue weighted by Gasteiger charge is 2.29. The van der Waals surface area contributed by atoms with Crippen LogP contribution >= 0.6 is 11.8 Å². The lowest BCUT2D eigenvalue weighted by atomic mass is 9.98. The van der Waals surface area contributed by atoms with E-state index in [0.29, 0.717) is 17.9 Å². The zero-order valence-electron chi connectivity index (χ0n) is 19.2. The van der Waals surface area contributed by atoms with Gasteiger partial charge in [0.2, 0.25) is 0 Å². The Hall–Kier alpha value is -3.78. The Morgan fingerprint density at radius 2 is 1.63 bits per heavy atom. The molecule has 0 aliphatic heterocycles. The molecule has 0 radical (unpaired) electrons. The minimum Gasteiger partial charge on any atom is -0.480 e. The van der Waals surface area contributed by atoms with Crippen molar-refractivity contribution >= 4 is 35.4 Å². The molecular weight excluding hydrogens is 464 g/mol. The number of carbonyl (C=O) groups is 3. The van der Waals surface area contributed by atoms with Gasteiger partial charge in [-0.25, -0.2) is 9.59 Å². The molecule has 35 heavy (non-hydrogen) atoms. The van der Waals surface area contributed by atoms with Crippen molar-refractivity contribution in [3.05, 3.63) is 89.5 Å². The lowest BCUT2D eigenvalue weighted by Crippen LogP contribution is -2.41. The van der Waals surface area contributed by atoms with Gasteiger partial charge in [0, 0.05) is 17.2 Å². The summed E-state index contributed by atoms with van der Waals surface area (Å²) in [6, 6.07) is 21.5. The average molecular weight is 491 g/mol. The average Bonchev–Trinajstić information content (AvgIpc) is 3.19. The smallest absolute Gasteiger partial charge is 0.411 e. The molecule has 0 saturated heterocycles. The number of hydrogen-bond acceptors (Lipinski definition) is 5. The van der Waals surface area contributed by atoms with Gasteiger partial charge >= 0.3 is 12.1 Å². The molecule has 2 amide bonds. The van der Waals surface area contributed by atoms with E-state index in [4.69, 9.17) is 4.74 Å². The summed E-state index contributed by atoms with van der Waals surface area (Å²) in [5.74, 6) is -1.05. The van der Waals surface area contributed by atoms with E-state index in [1.54, 1.807) is 18.2 Å². The van der Waals surface area contributed by atoms with Crippen LogP contribution in [-0.2, 0) is 9.53 Å². The first-order chi connectivity index (χ1) is 17.0. The zero-order valence-corrected chi connectivity index (χ0v) is 20.0. The van der Waals surface area contributed by atoms with E-state index >= 15 is 0 Å². The monoisotopic (exact) mass is 490 g/mol. The lowest BCUT2D eigenvalue weighted by molar-refractivity contribution is -0.139. The first-order valence-electron chi connectivity index (χ1n) is 11.2. The van der Waals surface area contributed by atoms with Crippen molar-refractivity contribution in [3.8, 4) is 11.1 Å². The molecule has 3 aromatic carbocycles. The van der Waals surface area contributed by atoms with Crippen LogP contribution in [0.1, 0.15) is 33.8 Å². The summed E-state index contributed by atoms with van der Waals surface area (Å²) >= 11 is 1.51. The summed E-state index contributed by atoms with van der Waals surface area (Å²) in [5, 5.41) is 14.5. The number of hydrogen-bond donors (Lipinski definition) is 3. The predicted molar refractivity (Wildman–Crippen MR) is 137 cm³/mol. The van der Waals surface area contributed by atoms with Crippen LogP contribution in [0.3, 0.4) is 0 Å². The van der Waals surface area contributed by atoms with Gasteiger partial charge in [0.15, 0.2) is 0 Å². The molecule has 8 heteroatoms. The van der Waals surface area contributed by atoms with Crippen LogP contribution in [0, 0.1) is 0 Å². The second-order valence-corrected chi connectivity index (χ2v) is 9.16. The Balaban J connectivity index is 1.38. The Morgan fingerprint density at radius 3 is 2.26 bits per heavy atom. The number of anilines is 1.